The van der Waals surface area contributed by atoms with Crippen LogP contribution in [-0.4, -0.2) is 15.2 Å². The van der Waals surface area contributed by atoms with Crippen molar-refractivity contribution in [1.29, 1.82) is 0 Å². The first-order valence-electron chi connectivity index (χ1n) is 6.18. The van der Waals surface area contributed by atoms with Crippen LogP contribution in [0.4, 0.5) is 4.39 Å². The van der Waals surface area contributed by atoms with Gasteiger partial charge in [-0.2, -0.15) is 4.98 Å². The van der Waals surface area contributed by atoms with E-state index >= 15 is 0 Å². The summed E-state index contributed by atoms with van der Waals surface area (Å²) in [5, 5.41) is 13.4. The Morgan fingerprint density at radius 3 is 2.62 bits per heavy atom. The van der Waals surface area contributed by atoms with E-state index in [1.165, 1.54) is 24.3 Å². The van der Waals surface area contributed by atoms with E-state index in [9.17, 15) is 9.50 Å². The lowest BCUT2D eigenvalue weighted by molar-refractivity contribution is 0.423. The van der Waals surface area contributed by atoms with Gasteiger partial charge in [-0.05, 0) is 42.0 Å². The third-order valence-corrected chi connectivity index (χ3v) is 3.30. The third kappa shape index (κ3) is 3.03. The van der Waals surface area contributed by atoms with Gasteiger partial charge >= 0.3 is 0 Å². The minimum atomic E-state index is -0.387. The van der Waals surface area contributed by atoms with E-state index in [-0.39, 0.29) is 11.6 Å². The van der Waals surface area contributed by atoms with E-state index in [1.54, 1.807) is 18.2 Å². The van der Waals surface area contributed by atoms with Crippen molar-refractivity contribution in [1.82, 2.24) is 10.1 Å². The summed E-state index contributed by atoms with van der Waals surface area (Å²) in [5.74, 6) is 0.577. The quantitative estimate of drug-likeness (QED) is 0.799. The number of hydrogen-bond donors (Lipinski definition) is 1. The van der Waals surface area contributed by atoms with Gasteiger partial charge in [0, 0.05) is 17.0 Å². The van der Waals surface area contributed by atoms with Crippen molar-refractivity contribution in [2.24, 2.45) is 0 Å². The van der Waals surface area contributed by atoms with E-state index in [4.69, 9.17) is 16.1 Å². The zero-order valence-corrected chi connectivity index (χ0v) is 11.5. The lowest BCUT2D eigenvalue weighted by Crippen LogP contribution is -1.92. The molecule has 1 aromatic heterocycles. The molecule has 4 nitrogen and oxygen atoms in total. The molecule has 0 saturated heterocycles. The van der Waals surface area contributed by atoms with Crippen LogP contribution in [0, 0.1) is 5.82 Å². The number of rotatable bonds is 3. The second-order valence-corrected chi connectivity index (χ2v) is 4.88. The Morgan fingerprint density at radius 1 is 1.14 bits per heavy atom. The number of nitrogens with zero attached hydrogens (tertiary/aromatic N) is 2. The van der Waals surface area contributed by atoms with Crippen molar-refractivity contribution in [2.45, 2.75) is 6.42 Å². The number of phenols is 1. The van der Waals surface area contributed by atoms with Gasteiger partial charge < -0.3 is 9.63 Å². The number of benzene rings is 2. The molecule has 3 aromatic rings. The molecular formula is C15H10ClFN2O2. The van der Waals surface area contributed by atoms with E-state index in [1.807, 2.05) is 0 Å². The molecule has 0 fully saturated rings. The maximum atomic E-state index is 13.0. The maximum Gasteiger partial charge on any atom is 0.257 e. The fourth-order valence-corrected chi connectivity index (χ4v) is 2.12. The van der Waals surface area contributed by atoms with Crippen molar-refractivity contribution in [3.05, 3.63) is 64.7 Å². The van der Waals surface area contributed by atoms with Gasteiger partial charge in [-0.3, -0.25) is 0 Å². The van der Waals surface area contributed by atoms with Crippen LogP contribution in [-0.2, 0) is 6.42 Å². The zero-order valence-electron chi connectivity index (χ0n) is 10.8. The smallest absolute Gasteiger partial charge is 0.257 e. The number of aromatic hydroxyl groups is 1. The van der Waals surface area contributed by atoms with E-state index < -0.39 is 0 Å². The molecule has 0 atom stereocenters. The molecule has 1 N–H and O–H groups in total. The van der Waals surface area contributed by atoms with Crippen molar-refractivity contribution in [2.75, 3.05) is 0 Å². The highest BCUT2D eigenvalue weighted by atomic mass is 35.5. The molecule has 1 heterocycles. The number of hydrogen-bond acceptors (Lipinski definition) is 4. The average Bonchev–Trinajstić information content (AvgIpc) is 2.91. The highest BCUT2D eigenvalue weighted by Gasteiger charge is 2.11. The first-order valence-corrected chi connectivity index (χ1v) is 6.55. The molecule has 21 heavy (non-hydrogen) atoms. The molecule has 0 radical (unpaired) electrons. The maximum absolute atomic E-state index is 13.0. The number of phenolic OH excluding ortho intramolecular Hbond substituents is 1. The van der Waals surface area contributed by atoms with Gasteiger partial charge in [0.2, 0.25) is 0 Å². The van der Waals surface area contributed by atoms with Crippen LogP contribution in [0.5, 0.6) is 5.75 Å². The highest BCUT2D eigenvalue weighted by Crippen LogP contribution is 2.23. The first-order chi connectivity index (χ1) is 10.1. The summed E-state index contributed by atoms with van der Waals surface area (Å²) < 4.78 is 18.2. The fraction of sp³-hybridized carbons (Fsp3) is 0.0667. The van der Waals surface area contributed by atoms with Crippen LogP contribution in [0.15, 0.2) is 47.0 Å². The van der Waals surface area contributed by atoms with Gasteiger partial charge in [0.25, 0.3) is 5.89 Å². The molecule has 0 aliphatic heterocycles. The third-order valence-electron chi connectivity index (χ3n) is 2.95. The molecule has 0 saturated carbocycles. The van der Waals surface area contributed by atoms with E-state index in [2.05, 4.69) is 10.1 Å². The van der Waals surface area contributed by atoms with Gasteiger partial charge in [-0.15, -0.1) is 0 Å². The number of aromatic nitrogens is 2. The molecule has 2 aromatic carbocycles. The van der Waals surface area contributed by atoms with Crippen LogP contribution >= 0.6 is 11.6 Å². The summed E-state index contributed by atoms with van der Waals surface area (Å²) in [6.07, 6.45) is 0.348. The van der Waals surface area contributed by atoms with Crippen molar-refractivity contribution in [3.8, 4) is 17.2 Å². The van der Waals surface area contributed by atoms with Gasteiger partial charge in [-0.1, -0.05) is 22.8 Å². The molecule has 0 amide bonds. The summed E-state index contributed by atoms with van der Waals surface area (Å²) in [7, 11) is 0. The lowest BCUT2D eigenvalue weighted by atomic mass is 10.1. The molecule has 0 spiro atoms. The number of halogens is 2. The predicted octanol–water partition coefficient (Wildman–Crippen LogP) is 3.83. The summed E-state index contributed by atoms with van der Waals surface area (Å²) in [4.78, 5) is 4.26. The standard InChI is InChI=1S/C15H10ClFN2O2/c16-13-8-11(17)4-1-10(13)7-14-18-15(21-19-14)9-2-5-12(20)6-3-9/h1-6,8,20H,7H2. The van der Waals surface area contributed by atoms with Gasteiger partial charge in [-0.25, -0.2) is 4.39 Å². The Hall–Kier alpha value is -2.40. The highest BCUT2D eigenvalue weighted by molar-refractivity contribution is 6.31. The summed E-state index contributed by atoms with van der Waals surface area (Å²) in [5.41, 5.74) is 1.42. The molecule has 0 aliphatic carbocycles. The Bertz CT molecular complexity index is 772. The molecule has 0 unspecified atom stereocenters. The largest absolute Gasteiger partial charge is 0.508 e. The molecule has 0 aliphatic rings. The Kier molecular flexibility index (Phi) is 3.58. The average molecular weight is 305 g/mol. The Balaban J connectivity index is 1.83. The minimum absolute atomic E-state index is 0.164. The monoisotopic (exact) mass is 304 g/mol. The van der Waals surface area contributed by atoms with Crippen molar-refractivity contribution < 1.29 is 14.0 Å². The normalized spacial score (nSPS) is 10.8. The van der Waals surface area contributed by atoms with Crippen LogP contribution in [0.3, 0.4) is 0 Å². The molecule has 0 bridgehead atoms. The van der Waals surface area contributed by atoms with E-state index in [0.717, 1.165) is 5.56 Å². The second kappa shape index (κ2) is 5.54. The summed E-state index contributed by atoms with van der Waals surface area (Å²) in [6.45, 7) is 0. The Labute approximate surface area is 124 Å². The fourth-order valence-electron chi connectivity index (χ4n) is 1.88. The molecular weight excluding hydrogens is 295 g/mol. The van der Waals surface area contributed by atoms with Crippen molar-refractivity contribution >= 4 is 11.6 Å². The van der Waals surface area contributed by atoms with Gasteiger partial charge in [0.1, 0.15) is 11.6 Å². The van der Waals surface area contributed by atoms with Crippen LogP contribution < -0.4 is 0 Å². The summed E-state index contributed by atoms with van der Waals surface area (Å²) >= 11 is 5.97. The zero-order chi connectivity index (χ0) is 14.8. The Morgan fingerprint density at radius 2 is 1.90 bits per heavy atom. The van der Waals surface area contributed by atoms with Crippen LogP contribution in [0.2, 0.25) is 5.02 Å². The van der Waals surface area contributed by atoms with Crippen molar-refractivity contribution in [3.63, 3.8) is 0 Å². The SMILES string of the molecule is Oc1ccc(-c2nc(Cc3ccc(F)cc3Cl)no2)cc1. The lowest BCUT2D eigenvalue weighted by Gasteiger charge is -2.00. The first kappa shape index (κ1) is 13.6. The van der Waals surface area contributed by atoms with E-state index in [0.29, 0.717) is 28.7 Å². The molecule has 3 rings (SSSR count). The predicted molar refractivity (Wildman–Crippen MR) is 75.6 cm³/mol. The van der Waals surface area contributed by atoms with Crippen LogP contribution in [0.25, 0.3) is 11.5 Å². The van der Waals surface area contributed by atoms with Gasteiger partial charge in [0.05, 0.1) is 0 Å². The van der Waals surface area contributed by atoms with Gasteiger partial charge in [0.15, 0.2) is 5.82 Å². The topological polar surface area (TPSA) is 59.2 Å². The second-order valence-electron chi connectivity index (χ2n) is 4.48. The minimum Gasteiger partial charge on any atom is -0.508 e. The molecule has 106 valence electrons. The molecule has 6 heteroatoms. The summed E-state index contributed by atoms with van der Waals surface area (Å²) in [6, 6.07) is 10.6. The van der Waals surface area contributed by atoms with Crippen LogP contribution in [0.1, 0.15) is 11.4 Å².